The Balaban J connectivity index is 1.88. The topological polar surface area (TPSA) is 37.3 Å². The number of aliphatic imine (C=N–C) groups is 1. The van der Waals surface area contributed by atoms with Crippen LogP contribution in [0.1, 0.15) is 13.8 Å². The molecule has 3 rings (SSSR count). The van der Waals surface area contributed by atoms with Gasteiger partial charge in [0.1, 0.15) is 0 Å². The summed E-state index contributed by atoms with van der Waals surface area (Å²) in [5, 5.41) is 6.82. The van der Waals surface area contributed by atoms with Crippen molar-refractivity contribution >= 4 is 33.4 Å². The number of thioether (sulfide) groups is 1. The lowest BCUT2D eigenvalue weighted by atomic mass is 10.1. The van der Waals surface area contributed by atoms with Crippen LogP contribution in [-0.2, 0) is 0 Å². The molecule has 0 amide bonds. The Labute approximate surface area is 117 Å². The zero-order valence-corrected chi connectivity index (χ0v) is 11.9. The largest absolute Gasteiger partial charge is 0.334 e. The Morgan fingerprint density at radius 1 is 1.32 bits per heavy atom. The third-order valence-corrected chi connectivity index (χ3v) is 4.35. The van der Waals surface area contributed by atoms with Crippen molar-refractivity contribution in [1.82, 2.24) is 4.98 Å². The van der Waals surface area contributed by atoms with Crippen molar-refractivity contribution < 1.29 is 0 Å². The average molecular weight is 271 g/mol. The number of anilines is 1. The van der Waals surface area contributed by atoms with Crippen LogP contribution in [0.5, 0.6) is 0 Å². The van der Waals surface area contributed by atoms with Gasteiger partial charge < -0.3 is 5.32 Å². The molecule has 0 saturated heterocycles. The lowest BCUT2D eigenvalue weighted by molar-refractivity contribution is 0.543. The standard InChI is InChI=1S/C15H17N3S/c1-10(2)14-9-19-15(18-14)17-13-5-3-4-11-8-16-7-6-12(11)13/h3-8,10,14H,9H2,1-2H3,(H,17,18). The maximum Gasteiger partial charge on any atom is 0.161 e. The number of hydrogen-bond acceptors (Lipinski definition) is 4. The van der Waals surface area contributed by atoms with Crippen LogP contribution in [0, 0.1) is 5.92 Å². The highest BCUT2D eigenvalue weighted by Crippen LogP contribution is 2.27. The molecule has 19 heavy (non-hydrogen) atoms. The molecule has 0 saturated carbocycles. The molecule has 2 heterocycles. The Hall–Kier alpha value is -1.55. The summed E-state index contributed by atoms with van der Waals surface area (Å²) in [7, 11) is 0. The van der Waals surface area contributed by atoms with E-state index in [1.165, 1.54) is 5.39 Å². The van der Waals surface area contributed by atoms with Gasteiger partial charge in [0.05, 0.1) is 6.04 Å². The normalized spacial score (nSPS) is 18.9. The molecule has 0 aliphatic carbocycles. The van der Waals surface area contributed by atoms with Gasteiger partial charge >= 0.3 is 0 Å². The second-order valence-electron chi connectivity index (χ2n) is 5.08. The first-order chi connectivity index (χ1) is 9.24. The molecule has 1 aromatic carbocycles. The molecule has 1 aromatic heterocycles. The van der Waals surface area contributed by atoms with Crippen molar-refractivity contribution in [2.75, 3.05) is 11.1 Å². The summed E-state index contributed by atoms with van der Waals surface area (Å²) in [6.07, 6.45) is 3.72. The van der Waals surface area contributed by atoms with E-state index in [1.807, 2.05) is 24.5 Å². The summed E-state index contributed by atoms with van der Waals surface area (Å²) < 4.78 is 0. The second-order valence-corrected chi connectivity index (χ2v) is 6.09. The van der Waals surface area contributed by atoms with Crippen molar-refractivity contribution in [2.45, 2.75) is 19.9 Å². The zero-order valence-electron chi connectivity index (χ0n) is 11.1. The fourth-order valence-corrected chi connectivity index (χ4v) is 3.33. The monoisotopic (exact) mass is 271 g/mol. The number of benzene rings is 1. The van der Waals surface area contributed by atoms with Crippen molar-refractivity contribution in [3.8, 4) is 0 Å². The van der Waals surface area contributed by atoms with Crippen LogP contribution in [-0.4, -0.2) is 21.9 Å². The lowest BCUT2D eigenvalue weighted by Crippen LogP contribution is -2.12. The summed E-state index contributed by atoms with van der Waals surface area (Å²) in [5.74, 6) is 1.68. The Morgan fingerprint density at radius 3 is 3.00 bits per heavy atom. The van der Waals surface area contributed by atoms with Crippen molar-refractivity contribution in [1.29, 1.82) is 0 Å². The van der Waals surface area contributed by atoms with E-state index in [9.17, 15) is 0 Å². The number of amidine groups is 1. The van der Waals surface area contributed by atoms with Crippen LogP contribution in [0.25, 0.3) is 10.8 Å². The fraction of sp³-hybridized carbons (Fsp3) is 0.333. The predicted molar refractivity (Wildman–Crippen MR) is 83.9 cm³/mol. The maximum absolute atomic E-state index is 4.74. The Bertz CT molecular complexity index is 616. The van der Waals surface area contributed by atoms with Gasteiger partial charge in [-0.3, -0.25) is 9.98 Å². The van der Waals surface area contributed by atoms with Gasteiger partial charge in [-0.15, -0.1) is 0 Å². The minimum absolute atomic E-state index is 0.434. The van der Waals surface area contributed by atoms with E-state index in [0.717, 1.165) is 22.0 Å². The van der Waals surface area contributed by atoms with Crippen molar-refractivity contribution in [3.05, 3.63) is 36.7 Å². The molecular weight excluding hydrogens is 254 g/mol. The van der Waals surface area contributed by atoms with E-state index >= 15 is 0 Å². The summed E-state index contributed by atoms with van der Waals surface area (Å²) in [6.45, 7) is 4.45. The molecule has 0 fully saturated rings. The smallest absolute Gasteiger partial charge is 0.161 e. The number of pyridine rings is 1. The van der Waals surface area contributed by atoms with Crippen LogP contribution in [0.4, 0.5) is 5.69 Å². The first-order valence-corrected chi connectivity index (χ1v) is 7.53. The molecule has 1 atom stereocenters. The van der Waals surface area contributed by atoms with E-state index in [1.54, 1.807) is 11.8 Å². The predicted octanol–water partition coefficient (Wildman–Crippen LogP) is 3.77. The molecular formula is C15H17N3S. The van der Waals surface area contributed by atoms with E-state index in [2.05, 4.69) is 36.3 Å². The molecule has 3 nitrogen and oxygen atoms in total. The summed E-state index contributed by atoms with van der Waals surface area (Å²) in [5.41, 5.74) is 1.11. The molecule has 0 spiro atoms. The SMILES string of the molecule is CC(C)C1CSC(Nc2cccc3cnccc23)=N1. The van der Waals surface area contributed by atoms with Crippen molar-refractivity contribution in [2.24, 2.45) is 10.9 Å². The van der Waals surface area contributed by atoms with Gasteiger partial charge in [0, 0.05) is 34.6 Å². The fourth-order valence-electron chi connectivity index (χ4n) is 2.15. The highest BCUT2D eigenvalue weighted by Gasteiger charge is 2.21. The van der Waals surface area contributed by atoms with Gasteiger partial charge in [0.15, 0.2) is 5.17 Å². The van der Waals surface area contributed by atoms with Gasteiger partial charge in [-0.05, 0) is 18.1 Å². The number of aromatic nitrogens is 1. The number of fused-ring (bicyclic) bond motifs is 1. The first-order valence-electron chi connectivity index (χ1n) is 6.54. The molecule has 2 aromatic rings. The van der Waals surface area contributed by atoms with E-state index in [0.29, 0.717) is 12.0 Å². The lowest BCUT2D eigenvalue weighted by Gasteiger charge is -2.09. The average Bonchev–Trinajstić information content (AvgIpc) is 2.88. The van der Waals surface area contributed by atoms with Crippen LogP contribution < -0.4 is 5.32 Å². The van der Waals surface area contributed by atoms with E-state index < -0.39 is 0 Å². The minimum atomic E-state index is 0.434. The molecule has 1 N–H and O–H groups in total. The summed E-state index contributed by atoms with van der Waals surface area (Å²) in [4.78, 5) is 8.90. The Kier molecular flexibility index (Phi) is 3.42. The third-order valence-electron chi connectivity index (χ3n) is 3.37. The second kappa shape index (κ2) is 5.21. The zero-order chi connectivity index (χ0) is 13.2. The van der Waals surface area contributed by atoms with Crippen LogP contribution in [0.3, 0.4) is 0 Å². The number of rotatable bonds is 2. The van der Waals surface area contributed by atoms with Crippen LogP contribution in [0.15, 0.2) is 41.7 Å². The van der Waals surface area contributed by atoms with Gasteiger partial charge in [-0.1, -0.05) is 37.7 Å². The molecule has 1 unspecified atom stereocenters. The molecule has 4 heteroatoms. The van der Waals surface area contributed by atoms with Crippen LogP contribution >= 0.6 is 11.8 Å². The van der Waals surface area contributed by atoms with Gasteiger partial charge in [-0.25, -0.2) is 0 Å². The van der Waals surface area contributed by atoms with Gasteiger partial charge in [0.2, 0.25) is 0 Å². The number of nitrogens with one attached hydrogen (secondary N) is 1. The highest BCUT2D eigenvalue weighted by molar-refractivity contribution is 8.14. The molecule has 1 aliphatic rings. The number of hydrogen-bond donors (Lipinski definition) is 1. The molecule has 98 valence electrons. The number of nitrogens with zero attached hydrogens (tertiary/aromatic N) is 2. The van der Waals surface area contributed by atoms with Gasteiger partial charge in [0.25, 0.3) is 0 Å². The van der Waals surface area contributed by atoms with E-state index in [-0.39, 0.29) is 0 Å². The van der Waals surface area contributed by atoms with E-state index in [4.69, 9.17) is 4.99 Å². The molecule has 0 bridgehead atoms. The maximum atomic E-state index is 4.74. The summed E-state index contributed by atoms with van der Waals surface area (Å²) >= 11 is 1.81. The first kappa shape index (κ1) is 12.5. The Morgan fingerprint density at radius 2 is 2.21 bits per heavy atom. The highest BCUT2D eigenvalue weighted by atomic mass is 32.2. The minimum Gasteiger partial charge on any atom is -0.334 e. The van der Waals surface area contributed by atoms with Crippen molar-refractivity contribution in [3.63, 3.8) is 0 Å². The third kappa shape index (κ3) is 2.59. The van der Waals surface area contributed by atoms with Crippen LogP contribution in [0.2, 0.25) is 0 Å². The quantitative estimate of drug-likeness (QED) is 0.903. The molecule has 0 radical (unpaired) electrons. The molecule has 1 aliphatic heterocycles. The van der Waals surface area contributed by atoms with Gasteiger partial charge in [-0.2, -0.15) is 0 Å². The summed E-state index contributed by atoms with van der Waals surface area (Å²) in [6, 6.07) is 8.69.